The number of hydrogen-bond donors (Lipinski definition) is 7. The number of nitrogen functional groups attached to an aromatic ring is 1. The van der Waals surface area contributed by atoms with Gasteiger partial charge in [-0.2, -0.15) is 0 Å². The van der Waals surface area contributed by atoms with E-state index in [0.717, 1.165) is 0 Å². The monoisotopic (exact) mass is 353 g/mol. The van der Waals surface area contributed by atoms with Crippen molar-refractivity contribution in [3.63, 3.8) is 0 Å². The molecule has 1 heterocycles. The van der Waals surface area contributed by atoms with Gasteiger partial charge in [0.2, 0.25) is 10.0 Å². The van der Waals surface area contributed by atoms with Crippen LogP contribution in [0.1, 0.15) is 0 Å². The zero-order valence-electron chi connectivity index (χ0n) is 12.8. The van der Waals surface area contributed by atoms with Gasteiger partial charge in [-0.1, -0.05) is 0 Å². The van der Waals surface area contributed by atoms with Crippen molar-refractivity contribution in [2.24, 2.45) is 5.14 Å². The maximum Gasteiger partial charge on any atom is 0.238 e. The van der Waals surface area contributed by atoms with Crippen molar-refractivity contribution in [2.75, 3.05) is 12.3 Å². The van der Waals surface area contributed by atoms with E-state index in [2.05, 4.69) is 10.5 Å². The minimum absolute atomic E-state index is 0.0431. The molecule has 0 saturated carbocycles. The molecule has 11 heteroatoms. The number of nitrogens with two attached hydrogens (primary N) is 2. The molecule has 9 N–H and O–H groups in total. The van der Waals surface area contributed by atoms with Crippen molar-refractivity contribution in [3.8, 4) is 0 Å². The van der Waals surface area contributed by atoms with Gasteiger partial charge in [-0.3, -0.25) is 0 Å². The third-order valence-electron chi connectivity index (χ3n) is 3.05. The van der Waals surface area contributed by atoms with Crippen LogP contribution in [0.4, 0.5) is 5.69 Å². The molecule has 0 aliphatic carbocycles. The van der Waals surface area contributed by atoms with Crippen LogP contribution in [0.25, 0.3) is 0 Å². The molecule has 23 heavy (non-hydrogen) atoms. The minimum atomic E-state index is -3.62. The van der Waals surface area contributed by atoms with E-state index in [-0.39, 0.29) is 4.90 Å². The van der Waals surface area contributed by atoms with E-state index in [1.54, 1.807) is 0 Å². The van der Waals surface area contributed by atoms with Crippen LogP contribution >= 0.6 is 0 Å². The number of hydrogen-bond acceptors (Lipinski definition) is 9. The second kappa shape index (κ2) is 7.99. The van der Waals surface area contributed by atoms with E-state index in [1.807, 2.05) is 0 Å². The lowest BCUT2D eigenvalue weighted by molar-refractivity contribution is -0.286. The summed E-state index contributed by atoms with van der Waals surface area (Å²) in [7, 11) is -3.62. The summed E-state index contributed by atoms with van der Waals surface area (Å²) in [5.41, 5.74) is 2.64. The molecule has 1 aromatic carbocycles. The highest BCUT2D eigenvalue weighted by molar-refractivity contribution is 7.89. The topological polar surface area (TPSA) is 197 Å². The zero-order valence-corrected chi connectivity index (χ0v) is 12.7. The van der Waals surface area contributed by atoms with Crippen molar-refractivity contribution < 1.29 is 40.1 Å². The molecule has 1 aromatic rings. The zero-order chi connectivity index (χ0) is 18.5. The Balaban J connectivity index is 0.000000240. The molecular weight excluding hydrogens is 332 g/mol. The molecule has 0 aromatic heterocycles. The molecule has 1 saturated heterocycles. The average molecular weight is 353 g/mol. The highest BCUT2D eigenvalue weighted by Gasteiger charge is 2.42. The number of primary sulfonamides is 1. The van der Waals surface area contributed by atoms with Crippen LogP contribution < -0.4 is 10.9 Å². The Hall–Kier alpha value is -1.31. The van der Waals surface area contributed by atoms with Crippen LogP contribution in [0.5, 0.6) is 0 Å². The fraction of sp³-hybridized carbons (Fsp3) is 0.500. The van der Waals surface area contributed by atoms with Gasteiger partial charge in [0.1, 0.15) is 24.4 Å². The third-order valence-corrected chi connectivity index (χ3v) is 3.98. The van der Waals surface area contributed by atoms with E-state index < -0.39 is 47.3 Å². The van der Waals surface area contributed by atoms with Gasteiger partial charge in [-0.15, -0.1) is 0 Å². The van der Waals surface area contributed by atoms with Gasteiger partial charge in [0, 0.05) is 5.69 Å². The van der Waals surface area contributed by atoms with Crippen molar-refractivity contribution in [2.45, 2.75) is 35.6 Å². The maximum absolute atomic E-state index is 10.7. The predicted octanol–water partition coefficient (Wildman–Crippen LogP) is -3.31. The van der Waals surface area contributed by atoms with E-state index in [1.165, 1.54) is 24.3 Å². The summed E-state index contributed by atoms with van der Waals surface area (Å²) in [6.45, 7) is -0.526. The number of benzene rings is 1. The summed E-state index contributed by atoms with van der Waals surface area (Å²) in [6, 6.07) is 5.61. The van der Waals surface area contributed by atoms with Crippen LogP contribution in [0.3, 0.4) is 0 Å². The van der Waals surface area contributed by atoms with Gasteiger partial charge in [0.05, 0.1) is 11.5 Å². The quantitative estimate of drug-likeness (QED) is 0.272. The molecule has 1 aliphatic heterocycles. The van der Waals surface area contributed by atoms with Crippen LogP contribution in [-0.2, 0) is 14.8 Å². The van der Waals surface area contributed by atoms with Gasteiger partial charge in [0.25, 0.3) is 0 Å². The summed E-state index contributed by atoms with van der Waals surface area (Å²) in [5, 5.41) is 49.5. The molecule has 1 aliphatic rings. The van der Waals surface area contributed by atoms with E-state index in [4.69, 9.17) is 32.1 Å². The molecule has 0 radical (unpaired) electrons. The fourth-order valence-corrected chi connectivity index (χ4v) is 2.24. The van der Waals surface area contributed by atoms with Crippen LogP contribution in [0.15, 0.2) is 29.2 Å². The van der Waals surface area contributed by atoms with E-state index in [0.29, 0.717) is 5.69 Å². The largest absolute Gasteiger partial charge is 0.399 e. The normalized spacial score (nSPS) is 31.6. The lowest BCUT2D eigenvalue weighted by atomic mass is 10.00. The SMILES string of the molecule is OC[C@@H]1OC(O)[C@@H](O)[C@H](O)[C@H]1O.[2H]Nc1ccc(S(N)(=O)=O)cc1. The van der Waals surface area contributed by atoms with Crippen molar-refractivity contribution >= 4 is 15.7 Å². The summed E-state index contributed by atoms with van der Waals surface area (Å²) < 4.78 is 32.8. The van der Waals surface area contributed by atoms with Crippen molar-refractivity contribution in [3.05, 3.63) is 24.3 Å². The lowest BCUT2D eigenvalue weighted by Crippen LogP contribution is -2.58. The molecule has 2 rings (SSSR count). The molecule has 0 spiro atoms. The van der Waals surface area contributed by atoms with E-state index >= 15 is 0 Å². The van der Waals surface area contributed by atoms with Crippen LogP contribution in [0, 0.1) is 0 Å². The average Bonchev–Trinajstić information content (AvgIpc) is 2.56. The van der Waals surface area contributed by atoms with Crippen molar-refractivity contribution in [1.29, 1.82) is 0 Å². The number of ether oxygens (including phenoxy) is 1. The molecule has 0 bridgehead atoms. The van der Waals surface area contributed by atoms with Crippen LogP contribution in [-0.4, -0.2) is 71.3 Å². The maximum atomic E-state index is 10.7. The van der Waals surface area contributed by atoms with Gasteiger partial charge in [0.15, 0.2) is 7.70 Å². The summed E-state index contributed by atoms with van der Waals surface area (Å²) in [4.78, 5) is 0.0431. The molecule has 10 nitrogen and oxygen atoms in total. The van der Waals surface area contributed by atoms with E-state index in [9.17, 15) is 8.42 Å². The number of aliphatic hydroxyl groups excluding tert-OH is 5. The first-order valence-electron chi connectivity index (χ1n) is 6.91. The first-order valence-corrected chi connectivity index (χ1v) is 7.95. The van der Waals surface area contributed by atoms with Gasteiger partial charge in [-0.05, 0) is 24.3 Å². The standard InChI is InChI=1S/C6H8N2O2S.C6H12O6/c7-5-1-3-6(4-2-5)11(8,9)10;7-1-2-3(8)4(9)5(10)6(11)12-2/h1-4H,7H2,(H2,8,9,10);2-11H,1H2/t;2-,3-,4+,5-,6?/m.0/s1/i/hD. The summed E-state index contributed by atoms with van der Waals surface area (Å²) >= 11 is 0. The summed E-state index contributed by atoms with van der Waals surface area (Å²) in [6.07, 6.45) is -7.04. The number of sulfonamides is 1. The molecule has 0 amide bonds. The fourth-order valence-electron chi connectivity index (χ4n) is 1.73. The Morgan fingerprint density at radius 2 is 1.65 bits per heavy atom. The lowest BCUT2D eigenvalue weighted by Gasteiger charge is -2.37. The first-order chi connectivity index (χ1) is 11.1. The Morgan fingerprint density at radius 1 is 1.09 bits per heavy atom. The van der Waals surface area contributed by atoms with Gasteiger partial charge >= 0.3 is 0 Å². The van der Waals surface area contributed by atoms with Gasteiger partial charge in [-0.25, -0.2) is 13.6 Å². The number of aliphatic hydroxyl groups is 5. The minimum Gasteiger partial charge on any atom is -0.399 e. The Bertz CT molecular complexity index is 609. The molecule has 132 valence electrons. The molecular formula is C12H20N2O8S. The Labute approximate surface area is 134 Å². The third kappa shape index (κ3) is 5.37. The predicted molar refractivity (Wildman–Crippen MR) is 78.2 cm³/mol. The Morgan fingerprint density at radius 3 is 2.09 bits per heavy atom. The second-order valence-electron chi connectivity index (χ2n) is 4.79. The number of rotatable bonds is 3. The number of anilines is 1. The van der Waals surface area contributed by atoms with Gasteiger partial charge < -0.3 is 36.0 Å². The summed E-state index contributed by atoms with van der Waals surface area (Å²) in [5.74, 6) is 0. The highest BCUT2D eigenvalue weighted by Crippen LogP contribution is 2.19. The van der Waals surface area contributed by atoms with Crippen molar-refractivity contribution in [1.82, 2.24) is 0 Å². The molecule has 1 fully saturated rings. The molecule has 5 atom stereocenters. The Kier molecular flexibility index (Phi) is 6.26. The highest BCUT2D eigenvalue weighted by atomic mass is 32.2. The smallest absolute Gasteiger partial charge is 0.238 e. The van der Waals surface area contributed by atoms with Crippen LogP contribution in [0.2, 0.25) is 1.41 Å². The molecule has 1 unspecified atom stereocenters. The second-order valence-corrected chi connectivity index (χ2v) is 6.35. The first kappa shape index (κ1) is 18.0.